The Morgan fingerprint density at radius 2 is 2.22 bits per heavy atom. The average Bonchev–Trinajstić information content (AvgIpc) is 2.89. The minimum atomic E-state index is -4.02. The normalized spacial score (nSPS) is 21.0. The van der Waals surface area contributed by atoms with Crippen molar-refractivity contribution in [3.05, 3.63) is 35.9 Å². The Hall–Kier alpha value is -2.63. The van der Waals surface area contributed by atoms with Gasteiger partial charge < -0.3 is 25.5 Å². The van der Waals surface area contributed by atoms with Crippen molar-refractivity contribution in [2.75, 3.05) is 24.3 Å². The number of aliphatic hydroxyl groups is 1. The number of halogens is 1. The molecule has 1 unspecified atom stereocenters. The lowest BCUT2D eigenvalue weighted by molar-refractivity contribution is 0.100. The number of anilines is 2. The van der Waals surface area contributed by atoms with Gasteiger partial charge in [-0.05, 0) is 25.1 Å². The number of amides is 1. The first-order valence-electron chi connectivity index (χ1n) is 7.90. The number of aliphatic hydroxyl groups excluding tert-OH is 1. The van der Waals surface area contributed by atoms with Crippen molar-refractivity contribution in [3.63, 3.8) is 0 Å². The lowest BCUT2D eigenvalue weighted by Gasteiger charge is -2.25. The number of hydrogen-bond acceptors (Lipinski definition) is 6. The van der Waals surface area contributed by atoms with Crippen LogP contribution >= 0.6 is 0 Å². The molecular weight excluding hydrogens is 379 g/mol. The minimum Gasteiger partial charge on any atom is -0.488 e. The molecule has 0 saturated heterocycles. The number of sulfonamides is 1. The maximum absolute atomic E-state index is 13.3. The summed E-state index contributed by atoms with van der Waals surface area (Å²) in [6.45, 7) is 0.819. The number of hydrogen-bond donors (Lipinski definition) is 4. The van der Waals surface area contributed by atoms with Crippen LogP contribution in [-0.2, 0) is 17.1 Å². The highest BCUT2D eigenvalue weighted by atomic mass is 32.2. The molecule has 1 aromatic heterocycles. The molecule has 0 saturated carbocycles. The van der Waals surface area contributed by atoms with Gasteiger partial charge in [-0.15, -0.1) is 0 Å². The first kappa shape index (κ1) is 19.1. The van der Waals surface area contributed by atoms with Gasteiger partial charge in [0.25, 0.3) is 5.91 Å². The molecular formula is C16H19FN4O5S. The van der Waals surface area contributed by atoms with Crippen LogP contribution in [0.5, 0.6) is 5.75 Å². The molecule has 27 heavy (non-hydrogen) atoms. The van der Waals surface area contributed by atoms with Crippen molar-refractivity contribution in [2.24, 2.45) is 7.05 Å². The topological polar surface area (TPSA) is 136 Å². The molecule has 1 aliphatic rings. The second kappa shape index (κ2) is 6.51. The fraction of sp³-hybridized carbons (Fsp3) is 0.312. The number of carbonyl (C=O) groups excluding carboxylic acids is 1. The number of nitrogens with one attached hydrogen (secondary N) is 2. The van der Waals surface area contributed by atoms with E-state index in [1.165, 1.54) is 36.9 Å². The quantitative estimate of drug-likeness (QED) is 0.554. The van der Waals surface area contributed by atoms with Crippen molar-refractivity contribution in [2.45, 2.75) is 17.4 Å². The monoisotopic (exact) mass is 398 g/mol. The van der Waals surface area contributed by atoms with Gasteiger partial charge >= 0.3 is 0 Å². The van der Waals surface area contributed by atoms with Gasteiger partial charge in [-0.1, -0.05) is 0 Å². The van der Waals surface area contributed by atoms with E-state index in [2.05, 4.69) is 10.0 Å². The van der Waals surface area contributed by atoms with Crippen molar-refractivity contribution < 1.29 is 27.4 Å². The fourth-order valence-electron chi connectivity index (χ4n) is 2.70. The average molecular weight is 398 g/mol. The number of nitrogens with two attached hydrogens (primary N) is 1. The molecule has 146 valence electrons. The predicted molar refractivity (Wildman–Crippen MR) is 95.5 cm³/mol. The number of nitrogen functional groups attached to an aromatic ring is 1. The third kappa shape index (κ3) is 3.48. The van der Waals surface area contributed by atoms with E-state index in [1.54, 1.807) is 0 Å². The molecule has 1 aliphatic heterocycles. The van der Waals surface area contributed by atoms with Crippen LogP contribution in [0.25, 0.3) is 0 Å². The largest absolute Gasteiger partial charge is 0.488 e. The highest BCUT2D eigenvalue weighted by Crippen LogP contribution is 2.34. The zero-order valence-electron chi connectivity index (χ0n) is 14.6. The molecule has 0 bridgehead atoms. The summed E-state index contributed by atoms with van der Waals surface area (Å²) in [5, 5.41) is 12.0. The molecule has 2 heterocycles. The molecule has 1 amide bonds. The van der Waals surface area contributed by atoms with E-state index in [-0.39, 0.29) is 34.3 Å². The first-order chi connectivity index (χ1) is 12.6. The Bertz CT molecular complexity index is 1020. The first-order valence-corrected chi connectivity index (χ1v) is 9.38. The van der Waals surface area contributed by atoms with Gasteiger partial charge in [0.2, 0.25) is 10.0 Å². The van der Waals surface area contributed by atoms with Crippen molar-refractivity contribution in [3.8, 4) is 5.75 Å². The third-order valence-corrected chi connectivity index (χ3v) is 5.76. The predicted octanol–water partition coefficient (Wildman–Crippen LogP) is 0.420. The van der Waals surface area contributed by atoms with E-state index in [0.717, 1.165) is 6.07 Å². The van der Waals surface area contributed by atoms with E-state index in [1.807, 2.05) is 0 Å². The summed E-state index contributed by atoms with van der Waals surface area (Å²) in [6, 6.07) is 3.68. The summed E-state index contributed by atoms with van der Waals surface area (Å²) >= 11 is 0. The summed E-state index contributed by atoms with van der Waals surface area (Å²) in [5.74, 6) is -1.41. The van der Waals surface area contributed by atoms with E-state index in [4.69, 9.17) is 10.5 Å². The summed E-state index contributed by atoms with van der Waals surface area (Å²) in [5.41, 5.74) is 4.32. The summed E-state index contributed by atoms with van der Waals surface area (Å²) < 4.78 is 47.7. The summed E-state index contributed by atoms with van der Waals surface area (Å²) in [7, 11) is -2.53. The SMILES string of the molecule is Cn1cc2c(c1C(=O)Nc1ccc(F)c(N)c1)OCC(C)(CO)NS2(=O)=O. The number of rotatable bonds is 3. The Labute approximate surface area is 155 Å². The second-order valence-corrected chi connectivity index (χ2v) is 8.24. The number of aryl methyl sites for hydroxylation is 1. The van der Waals surface area contributed by atoms with Crippen LogP contribution in [0.1, 0.15) is 17.4 Å². The molecule has 11 heteroatoms. The zero-order valence-corrected chi connectivity index (χ0v) is 15.4. The maximum atomic E-state index is 13.3. The number of aromatic nitrogens is 1. The van der Waals surface area contributed by atoms with Crippen LogP contribution in [0, 0.1) is 5.82 Å². The van der Waals surface area contributed by atoms with E-state index < -0.39 is 33.9 Å². The van der Waals surface area contributed by atoms with Crippen molar-refractivity contribution >= 4 is 27.3 Å². The van der Waals surface area contributed by atoms with Gasteiger partial charge in [-0.25, -0.2) is 12.8 Å². The van der Waals surface area contributed by atoms with Gasteiger partial charge in [-0.3, -0.25) is 4.79 Å². The molecule has 1 atom stereocenters. The van der Waals surface area contributed by atoms with Crippen LogP contribution in [-0.4, -0.2) is 42.8 Å². The number of nitrogens with zero attached hydrogens (tertiary/aromatic N) is 1. The summed E-state index contributed by atoms with van der Waals surface area (Å²) in [6.07, 6.45) is 1.24. The minimum absolute atomic E-state index is 0.0412. The Morgan fingerprint density at radius 1 is 1.52 bits per heavy atom. The molecule has 9 nitrogen and oxygen atoms in total. The standard InChI is InChI=1S/C16H19FN4O5S/c1-16(7-22)8-26-14-12(27(24,25)20-16)6-21(2)13(14)15(23)19-9-3-4-10(17)11(18)5-9/h3-6,20,22H,7-8,18H2,1-2H3,(H,19,23). The van der Waals surface area contributed by atoms with Gasteiger partial charge in [0.1, 0.15) is 17.3 Å². The molecule has 0 spiro atoms. The number of ether oxygens (including phenoxy) is 1. The smallest absolute Gasteiger partial charge is 0.276 e. The summed E-state index contributed by atoms with van der Waals surface area (Å²) in [4.78, 5) is 12.5. The lowest BCUT2D eigenvalue weighted by Crippen LogP contribution is -2.51. The van der Waals surface area contributed by atoms with Crippen molar-refractivity contribution in [1.29, 1.82) is 0 Å². The maximum Gasteiger partial charge on any atom is 0.276 e. The molecule has 2 aromatic rings. The van der Waals surface area contributed by atoms with E-state index in [9.17, 15) is 22.7 Å². The van der Waals surface area contributed by atoms with Crippen LogP contribution in [0.2, 0.25) is 0 Å². The molecule has 1 aromatic carbocycles. The van der Waals surface area contributed by atoms with Gasteiger partial charge in [-0.2, -0.15) is 4.72 Å². The van der Waals surface area contributed by atoms with Gasteiger partial charge in [0.05, 0.1) is 17.8 Å². The zero-order chi connectivity index (χ0) is 20.0. The highest BCUT2D eigenvalue weighted by molar-refractivity contribution is 7.89. The molecule has 3 rings (SSSR count). The number of fused-ring (bicyclic) bond motifs is 1. The van der Waals surface area contributed by atoms with Crippen LogP contribution < -0.4 is 20.5 Å². The number of carbonyl (C=O) groups is 1. The van der Waals surface area contributed by atoms with Crippen LogP contribution in [0.4, 0.5) is 15.8 Å². The molecule has 0 fully saturated rings. The Morgan fingerprint density at radius 3 is 2.85 bits per heavy atom. The third-order valence-electron chi connectivity index (χ3n) is 4.13. The van der Waals surface area contributed by atoms with E-state index in [0.29, 0.717) is 0 Å². The van der Waals surface area contributed by atoms with Gasteiger partial charge in [0.15, 0.2) is 11.4 Å². The highest BCUT2D eigenvalue weighted by Gasteiger charge is 2.39. The fourth-order valence-corrected chi connectivity index (χ4v) is 4.28. The second-order valence-electron chi connectivity index (χ2n) is 6.59. The van der Waals surface area contributed by atoms with Crippen LogP contribution in [0.15, 0.2) is 29.3 Å². The molecule has 5 N–H and O–H groups in total. The molecule has 0 aliphatic carbocycles. The lowest BCUT2D eigenvalue weighted by atomic mass is 10.1. The molecule has 0 radical (unpaired) electrons. The Kier molecular flexibility index (Phi) is 4.62. The van der Waals surface area contributed by atoms with E-state index >= 15 is 0 Å². The van der Waals surface area contributed by atoms with Gasteiger partial charge in [0, 0.05) is 18.9 Å². The Balaban J connectivity index is 2.00. The number of benzene rings is 1. The van der Waals surface area contributed by atoms with Crippen LogP contribution in [0.3, 0.4) is 0 Å². The van der Waals surface area contributed by atoms with Crippen molar-refractivity contribution in [1.82, 2.24) is 9.29 Å².